The monoisotopic (exact) mass is 478 g/mol. The second kappa shape index (κ2) is 11.4. The molecule has 1 saturated carbocycles. The molecule has 3 N–H and O–H groups in total. The average Bonchev–Trinajstić information content (AvgIpc) is 3.17. The third-order valence-corrected chi connectivity index (χ3v) is 7.19. The van der Waals surface area contributed by atoms with Gasteiger partial charge in [-0.2, -0.15) is 0 Å². The van der Waals surface area contributed by atoms with E-state index < -0.39 is 12.1 Å². The molecule has 0 aliphatic heterocycles. The highest BCUT2D eigenvalue weighted by atomic mass is 16.5. The Labute approximate surface area is 206 Å². The fourth-order valence-corrected chi connectivity index (χ4v) is 5.27. The van der Waals surface area contributed by atoms with Crippen molar-refractivity contribution in [1.29, 1.82) is 0 Å². The van der Waals surface area contributed by atoms with Crippen molar-refractivity contribution < 1.29 is 24.2 Å². The fraction of sp³-hybridized carbons (Fsp3) is 0.464. The molecule has 7 heteroatoms. The van der Waals surface area contributed by atoms with E-state index in [0.29, 0.717) is 44.9 Å². The lowest BCUT2D eigenvalue weighted by Crippen LogP contribution is -2.39. The first-order valence-electron chi connectivity index (χ1n) is 12.6. The van der Waals surface area contributed by atoms with Crippen molar-refractivity contribution in [3.63, 3.8) is 0 Å². The van der Waals surface area contributed by atoms with Gasteiger partial charge in [0.15, 0.2) is 0 Å². The summed E-state index contributed by atoms with van der Waals surface area (Å²) in [5.41, 5.74) is 4.74. The van der Waals surface area contributed by atoms with Crippen LogP contribution in [0.4, 0.5) is 4.79 Å². The van der Waals surface area contributed by atoms with Crippen LogP contribution in [0.25, 0.3) is 11.1 Å². The highest BCUT2D eigenvalue weighted by molar-refractivity contribution is 5.79. The number of hydrogen-bond acceptors (Lipinski definition) is 4. The van der Waals surface area contributed by atoms with E-state index in [1.165, 1.54) is 22.3 Å². The first kappa shape index (κ1) is 24.8. The zero-order valence-corrected chi connectivity index (χ0v) is 20.2. The number of fused-ring (bicyclic) bond motifs is 3. The number of nitrogens with one attached hydrogen (secondary N) is 2. The molecule has 2 aromatic rings. The molecule has 0 radical (unpaired) electrons. The van der Waals surface area contributed by atoms with E-state index in [-0.39, 0.29) is 36.4 Å². The van der Waals surface area contributed by atoms with Crippen LogP contribution >= 0.6 is 0 Å². The zero-order valence-electron chi connectivity index (χ0n) is 20.2. The van der Waals surface area contributed by atoms with E-state index in [0.717, 1.165) is 0 Å². The second-order valence-electron chi connectivity index (χ2n) is 9.72. The van der Waals surface area contributed by atoms with Gasteiger partial charge in [-0.15, -0.1) is 0 Å². The molecule has 0 saturated heterocycles. The molecule has 0 bridgehead atoms. The minimum absolute atomic E-state index is 0.0166. The van der Waals surface area contributed by atoms with E-state index >= 15 is 0 Å². The second-order valence-corrected chi connectivity index (χ2v) is 9.72. The van der Waals surface area contributed by atoms with Crippen molar-refractivity contribution in [3.8, 4) is 11.1 Å². The lowest BCUT2D eigenvalue weighted by molar-refractivity contribution is -0.142. The van der Waals surface area contributed by atoms with Crippen LogP contribution in [0.5, 0.6) is 0 Å². The summed E-state index contributed by atoms with van der Waals surface area (Å²) in [4.78, 5) is 35.7. The van der Waals surface area contributed by atoms with E-state index in [1.807, 2.05) is 31.2 Å². The molecule has 4 rings (SSSR count). The molecular formula is C28H34N2O5. The first-order valence-corrected chi connectivity index (χ1v) is 12.6. The van der Waals surface area contributed by atoms with Crippen molar-refractivity contribution in [1.82, 2.24) is 10.6 Å². The fourth-order valence-electron chi connectivity index (χ4n) is 5.27. The van der Waals surface area contributed by atoms with Crippen molar-refractivity contribution in [2.45, 2.75) is 69.9 Å². The number of ether oxygens (including phenoxy) is 1. The number of benzene rings is 2. The molecule has 2 aliphatic rings. The first-order chi connectivity index (χ1) is 16.9. The third-order valence-electron chi connectivity index (χ3n) is 7.19. The summed E-state index contributed by atoms with van der Waals surface area (Å²) < 4.78 is 5.59. The van der Waals surface area contributed by atoms with Crippen LogP contribution in [0.3, 0.4) is 0 Å². The molecule has 186 valence electrons. The molecule has 2 amide bonds. The highest BCUT2D eigenvalue weighted by Crippen LogP contribution is 2.44. The predicted molar refractivity (Wildman–Crippen MR) is 133 cm³/mol. The van der Waals surface area contributed by atoms with E-state index in [2.05, 4.69) is 34.9 Å². The Kier molecular flexibility index (Phi) is 8.06. The van der Waals surface area contributed by atoms with Gasteiger partial charge in [-0.25, -0.2) is 4.79 Å². The normalized spacial score (nSPS) is 19.8. The van der Waals surface area contributed by atoms with Crippen LogP contribution in [0.15, 0.2) is 48.5 Å². The van der Waals surface area contributed by atoms with Gasteiger partial charge in [-0.3, -0.25) is 9.59 Å². The summed E-state index contributed by atoms with van der Waals surface area (Å²) in [5, 5.41) is 15.0. The van der Waals surface area contributed by atoms with Crippen molar-refractivity contribution in [2.24, 2.45) is 5.92 Å². The van der Waals surface area contributed by atoms with Gasteiger partial charge in [-0.05, 0) is 67.7 Å². The van der Waals surface area contributed by atoms with Crippen molar-refractivity contribution in [3.05, 3.63) is 59.7 Å². The Morgan fingerprint density at radius 1 is 0.971 bits per heavy atom. The maximum Gasteiger partial charge on any atom is 0.407 e. The summed E-state index contributed by atoms with van der Waals surface area (Å²) in [6, 6.07) is 16.4. The number of hydrogen-bond donors (Lipinski definition) is 3. The van der Waals surface area contributed by atoms with Gasteiger partial charge < -0.3 is 20.5 Å². The largest absolute Gasteiger partial charge is 0.481 e. The van der Waals surface area contributed by atoms with Crippen LogP contribution in [-0.4, -0.2) is 41.8 Å². The molecular weight excluding hydrogens is 444 g/mol. The van der Waals surface area contributed by atoms with E-state index in [4.69, 9.17) is 9.84 Å². The molecule has 1 unspecified atom stereocenters. The molecule has 1 atom stereocenters. The van der Waals surface area contributed by atoms with Gasteiger partial charge >= 0.3 is 12.1 Å². The number of aliphatic carboxylic acids is 1. The molecule has 0 aromatic heterocycles. The summed E-state index contributed by atoms with van der Waals surface area (Å²) in [6.07, 6.45) is 3.91. The summed E-state index contributed by atoms with van der Waals surface area (Å²) in [6.45, 7) is 2.19. The van der Waals surface area contributed by atoms with Gasteiger partial charge in [-0.1, -0.05) is 48.5 Å². The molecule has 2 aromatic carbocycles. The lowest BCUT2D eigenvalue weighted by Gasteiger charge is -2.26. The molecule has 2 aliphatic carbocycles. The lowest BCUT2D eigenvalue weighted by atomic mass is 9.86. The number of amides is 2. The Morgan fingerprint density at radius 2 is 1.57 bits per heavy atom. The summed E-state index contributed by atoms with van der Waals surface area (Å²) in [5.74, 6) is -1.02. The van der Waals surface area contributed by atoms with Crippen molar-refractivity contribution >= 4 is 18.0 Å². The topological polar surface area (TPSA) is 105 Å². The maximum atomic E-state index is 12.4. The minimum Gasteiger partial charge on any atom is -0.481 e. The predicted octanol–water partition coefficient (Wildman–Crippen LogP) is 4.84. The molecule has 1 fully saturated rings. The van der Waals surface area contributed by atoms with Crippen LogP contribution in [0.2, 0.25) is 0 Å². The van der Waals surface area contributed by atoms with Gasteiger partial charge in [0, 0.05) is 24.4 Å². The summed E-state index contributed by atoms with van der Waals surface area (Å²) in [7, 11) is 0. The standard InChI is InChI=1S/C28H34N2O5/c1-18(7-6-12-26(31)30-20-15-13-19(14-16-20)27(32)33)29-28(34)35-17-25-23-10-4-2-8-21(23)22-9-3-5-11-24(22)25/h2-5,8-11,18-20,25H,6-7,12-17H2,1H3,(H,29,34)(H,30,31)(H,32,33). The number of alkyl carbamates (subject to hydrolysis) is 1. The van der Waals surface area contributed by atoms with Gasteiger partial charge in [0.1, 0.15) is 6.61 Å². The number of carboxylic acid groups (broad SMARTS) is 1. The van der Waals surface area contributed by atoms with Gasteiger partial charge in [0.2, 0.25) is 5.91 Å². The Hall–Kier alpha value is -3.35. The number of carbonyl (C=O) groups is 3. The quantitative estimate of drug-likeness (QED) is 0.478. The Morgan fingerprint density at radius 3 is 2.17 bits per heavy atom. The minimum atomic E-state index is -0.743. The molecule has 0 heterocycles. The highest BCUT2D eigenvalue weighted by Gasteiger charge is 2.29. The van der Waals surface area contributed by atoms with E-state index in [1.54, 1.807) is 0 Å². The Bertz CT molecular complexity index is 1020. The smallest absolute Gasteiger partial charge is 0.407 e. The zero-order chi connectivity index (χ0) is 24.8. The molecule has 0 spiro atoms. The number of carbonyl (C=O) groups excluding carboxylic acids is 2. The number of rotatable bonds is 9. The number of carboxylic acids is 1. The van der Waals surface area contributed by atoms with Crippen LogP contribution in [-0.2, 0) is 14.3 Å². The average molecular weight is 479 g/mol. The third kappa shape index (κ3) is 6.21. The molecule has 7 nitrogen and oxygen atoms in total. The molecule has 35 heavy (non-hydrogen) atoms. The Balaban J connectivity index is 1.16. The van der Waals surface area contributed by atoms with Crippen LogP contribution < -0.4 is 10.6 Å². The summed E-state index contributed by atoms with van der Waals surface area (Å²) >= 11 is 0. The van der Waals surface area contributed by atoms with Crippen molar-refractivity contribution in [2.75, 3.05) is 6.61 Å². The van der Waals surface area contributed by atoms with Crippen LogP contribution in [0.1, 0.15) is 68.9 Å². The maximum absolute atomic E-state index is 12.4. The van der Waals surface area contributed by atoms with Gasteiger partial charge in [0.25, 0.3) is 0 Å². The van der Waals surface area contributed by atoms with Gasteiger partial charge in [0.05, 0.1) is 5.92 Å². The van der Waals surface area contributed by atoms with Crippen LogP contribution in [0, 0.1) is 5.92 Å². The van der Waals surface area contributed by atoms with E-state index in [9.17, 15) is 14.4 Å². The SMILES string of the molecule is CC(CCCC(=O)NC1CCC(C(=O)O)CC1)NC(=O)OCC1c2ccccc2-c2ccccc21.